The molecule has 10 nitrogen and oxygen atoms in total. The van der Waals surface area contributed by atoms with Crippen molar-refractivity contribution in [2.24, 2.45) is 5.92 Å². The summed E-state index contributed by atoms with van der Waals surface area (Å²) in [5.41, 5.74) is 7.35. The first-order chi connectivity index (χ1) is 17.2. The van der Waals surface area contributed by atoms with E-state index in [4.69, 9.17) is 14.4 Å². The molecular formula is C25H18N8O2. The number of fused-ring (bicyclic) bond motifs is 2. The Bertz CT molecular complexity index is 1710. The highest BCUT2D eigenvalue weighted by atomic mass is 16.3. The molecule has 6 aromatic heterocycles. The van der Waals surface area contributed by atoms with Gasteiger partial charge in [0.15, 0.2) is 11.5 Å². The molecule has 6 heterocycles. The SMILES string of the molecule is O=C(Nc1cncc(-c2ccc3[nH]nc(-c4nc5c(-c6ccoc6)nccc5[nH]4)c3n2)c1)C1CC1. The number of nitrogens with one attached hydrogen (secondary N) is 3. The van der Waals surface area contributed by atoms with Crippen molar-refractivity contribution in [2.45, 2.75) is 12.8 Å². The Labute approximate surface area is 197 Å². The molecule has 170 valence electrons. The Morgan fingerprint density at radius 2 is 1.91 bits per heavy atom. The molecule has 0 bridgehead atoms. The third-order valence-corrected chi connectivity index (χ3v) is 6.08. The molecule has 1 amide bonds. The molecule has 10 heteroatoms. The molecule has 1 aliphatic carbocycles. The quantitative estimate of drug-likeness (QED) is 0.341. The summed E-state index contributed by atoms with van der Waals surface area (Å²) in [6.07, 6.45) is 10.2. The molecule has 35 heavy (non-hydrogen) atoms. The first-order valence-electron chi connectivity index (χ1n) is 11.2. The molecule has 0 aliphatic heterocycles. The molecule has 0 spiro atoms. The lowest BCUT2D eigenvalue weighted by atomic mass is 10.1. The van der Waals surface area contributed by atoms with Crippen LogP contribution in [0.2, 0.25) is 0 Å². The fraction of sp³-hybridized carbons (Fsp3) is 0.120. The van der Waals surface area contributed by atoms with Crippen LogP contribution in [0, 0.1) is 5.92 Å². The smallest absolute Gasteiger partial charge is 0.227 e. The molecule has 3 N–H and O–H groups in total. The lowest BCUT2D eigenvalue weighted by molar-refractivity contribution is -0.117. The number of aromatic nitrogens is 7. The second-order valence-corrected chi connectivity index (χ2v) is 8.54. The average molecular weight is 462 g/mol. The van der Waals surface area contributed by atoms with E-state index in [1.807, 2.05) is 30.3 Å². The van der Waals surface area contributed by atoms with Gasteiger partial charge in [0, 0.05) is 29.4 Å². The number of hydrogen-bond donors (Lipinski definition) is 3. The van der Waals surface area contributed by atoms with E-state index in [2.05, 4.69) is 30.5 Å². The molecule has 0 aromatic carbocycles. The number of carbonyl (C=O) groups excluding carboxylic acids is 1. The van der Waals surface area contributed by atoms with E-state index < -0.39 is 0 Å². The first-order valence-corrected chi connectivity index (χ1v) is 11.2. The van der Waals surface area contributed by atoms with Gasteiger partial charge in [-0.2, -0.15) is 5.10 Å². The van der Waals surface area contributed by atoms with Gasteiger partial charge in [0.25, 0.3) is 0 Å². The van der Waals surface area contributed by atoms with Crippen LogP contribution in [0.15, 0.2) is 65.9 Å². The van der Waals surface area contributed by atoms with E-state index in [9.17, 15) is 4.79 Å². The highest BCUT2D eigenvalue weighted by Crippen LogP contribution is 2.32. The maximum atomic E-state index is 12.2. The van der Waals surface area contributed by atoms with E-state index >= 15 is 0 Å². The number of pyridine rings is 3. The third-order valence-electron chi connectivity index (χ3n) is 6.08. The van der Waals surface area contributed by atoms with E-state index in [1.54, 1.807) is 31.1 Å². The number of carbonyl (C=O) groups is 1. The van der Waals surface area contributed by atoms with Gasteiger partial charge in [0.2, 0.25) is 5.91 Å². The second kappa shape index (κ2) is 7.59. The van der Waals surface area contributed by atoms with Crippen molar-refractivity contribution in [3.8, 4) is 34.0 Å². The number of furan rings is 1. The zero-order chi connectivity index (χ0) is 23.4. The number of H-pyrrole nitrogens is 2. The van der Waals surface area contributed by atoms with Gasteiger partial charge in [0.05, 0.1) is 41.1 Å². The molecule has 0 unspecified atom stereocenters. The standard InChI is InChI=1S/C25H18N8O2/c34-25(13-1-2-13)28-16-9-15(10-26-11-16)17-3-4-19-22(29-17)23(33-32-19)24-30-18-5-7-27-20(21(18)31-24)14-6-8-35-12-14/h3-13H,1-2H2,(H,28,34)(H,30,31)(H,32,33). The molecule has 6 aromatic rings. The van der Waals surface area contributed by atoms with Crippen LogP contribution in [-0.2, 0) is 4.79 Å². The van der Waals surface area contributed by atoms with Crippen molar-refractivity contribution in [3.05, 3.63) is 61.4 Å². The molecule has 1 fully saturated rings. The number of nitrogens with zero attached hydrogens (tertiary/aromatic N) is 5. The van der Waals surface area contributed by atoms with Gasteiger partial charge in [0.1, 0.15) is 16.7 Å². The van der Waals surface area contributed by atoms with Crippen LogP contribution >= 0.6 is 0 Å². The summed E-state index contributed by atoms with van der Waals surface area (Å²) in [6.45, 7) is 0. The second-order valence-electron chi connectivity index (χ2n) is 8.54. The van der Waals surface area contributed by atoms with Crippen molar-refractivity contribution in [1.82, 2.24) is 35.1 Å². The number of hydrogen-bond acceptors (Lipinski definition) is 7. The van der Waals surface area contributed by atoms with Crippen LogP contribution in [0.4, 0.5) is 5.69 Å². The predicted octanol–water partition coefficient (Wildman–Crippen LogP) is 4.57. The molecule has 0 atom stereocenters. The molecular weight excluding hydrogens is 444 g/mol. The zero-order valence-electron chi connectivity index (χ0n) is 18.3. The summed E-state index contributed by atoms with van der Waals surface area (Å²) in [4.78, 5) is 33.9. The summed E-state index contributed by atoms with van der Waals surface area (Å²) in [6, 6.07) is 9.42. The minimum atomic E-state index is 0.0404. The Kier molecular flexibility index (Phi) is 4.25. The molecule has 7 rings (SSSR count). The minimum Gasteiger partial charge on any atom is -0.472 e. The largest absolute Gasteiger partial charge is 0.472 e. The number of imidazole rings is 1. The summed E-state index contributed by atoms with van der Waals surface area (Å²) in [5.74, 6) is 0.741. The minimum absolute atomic E-state index is 0.0404. The lowest BCUT2D eigenvalue weighted by Gasteiger charge is -2.06. The van der Waals surface area contributed by atoms with Crippen molar-refractivity contribution in [2.75, 3.05) is 5.32 Å². The first kappa shape index (κ1) is 19.6. The highest BCUT2D eigenvalue weighted by Gasteiger charge is 2.29. The fourth-order valence-corrected chi connectivity index (χ4v) is 4.12. The average Bonchev–Trinajstić information content (AvgIpc) is 3.26. The molecule has 1 saturated carbocycles. The van der Waals surface area contributed by atoms with Gasteiger partial charge in [-0.3, -0.25) is 19.9 Å². The van der Waals surface area contributed by atoms with Crippen molar-refractivity contribution in [3.63, 3.8) is 0 Å². The Morgan fingerprint density at radius 3 is 2.77 bits per heavy atom. The van der Waals surface area contributed by atoms with E-state index in [1.165, 1.54) is 0 Å². The summed E-state index contributed by atoms with van der Waals surface area (Å²) in [7, 11) is 0. The number of aromatic amines is 2. The van der Waals surface area contributed by atoms with Crippen molar-refractivity contribution in [1.29, 1.82) is 0 Å². The molecule has 0 saturated heterocycles. The fourth-order valence-electron chi connectivity index (χ4n) is 4.12. The van der Waals surface area contributed by atoms with E-state index in [0.29, 0.717) is 28.4 Å². The topological polar surface area (TPSA) is 138 Å². The molecule has 1 aliphatic rings. The van der Waals surface area contributed by atoms with E-state index in [0.717, 1.165) is 46.2 Å². The number of anilines is 1. The van der Waals surface area contributed by atoms with Gasteiger partial charge >= 0.3 is 0 Å². The predicted molar refractivity (Wildman–Crippen MR) is 129 cm³/mol. The van der Waals surface area contributed by atoms with E-state index in [-0.39, 0.29) is 11.8 Å². The summed E-state index contributed by atoms with van der Waals surface area (Å²) < 4.78 is 5.22. The maximum Gasteiger partial charge on any atom is 0.227 e. The summed E-state index contributed by atoms with van der Waals surface area (Å²) in [5, 5.41) is 10.5. The van der Waals surface area contributed by atoms with Crippen LogP contribution in [0.5, 0.6) is 0 Å². The van der Waals surface area contributed by atoms with Gasteiger partial charge < -0.3 is 14.7 Å². The Morgan fingerprint density at radius 1 is 1.00 bits per heavy atom. The van der Waals surface area contributed by atoms with Gasteiger partial charge in [-0.05, 0) is 43.2 Å². The molecule has 0 radical (unpaired) electrons. The Balaban J connectivity index is 1.29. The van der Waals surface area contributed by atoms with Crippen LogP contribution < -0.4 is 5.32 Å². The monoisotopic (exact) mass is 462 g/mol. The summed E-state index contributed by atoms with van der Waals surface area (Å²) >= 11 is 0. The highest BCUT2D eigenvalue weighted by molar-refractivity contribution is 5.96. The van der Waals surface area contributed by atoms with Crippen molar-refractivity contribution < 1.29 is 9.21 Å². The van der Waals surface area contributed by atoms with Crippen LogP contribution in [-0.4, -0.2) is 41.0 Å². The van der Waals surface area contributed by atoms with Crippen molar-refractivity contribution >= 4 is 33.7 Å². The van der Waals surface area contributed by atoms with Crippen LogP contribution in [0.3, 0.4) is 0 Å². The van der Waals surface area contributed by atoms with Gasteiger partial charge in [-0.15, -0.1) is 0 Å². The number of amides is 1. The lowest BCUT2D eigenvalue weighted by Crippen LogP contribution is -2.13. The Hall–Kier alpha value is -4.86. The van der Waals surface area contributed by atoms with Gasteiger partial charge in [-0.1, -0.05) is 0 Å². The zero-order valence-corrected chi connectivity index (χ0v) is 18.3. The van der Waals surface area contributed by atoms with Gasteiger partial charge in [-0.25, -0.2) is 9.97 Å². The normalized spacial score (nSPS) is 13.5. The number of rotatable bonds is 5. The maximum absolute atomic E-state index is 12.2. The third kappa shape index (κ3) is 3.43. The van der Waals surface area contributed by atoms with Crippen LogP contribution in [0.1, 0.15) is 12.8 Å². The van der Waals surface area contributed by atoms with Crippen LogP contribution in [0.25, 0.3) is 56.1 Å².